The van der Waals surface area contributed by atoms with Crippen LogP contribution in [0.2, 0.25) is 0 Å². The van der Waals surface area contributed by atoms with Gasteiger partial charge in [0.15, 0.2) is 0 Å². The molecule has 0 aliphatic heterocycles. The van der Waals surface area contributed by atoms with Gasteiger partial charge in [0, 0.05) is 10.9 Å². The number of carbonyl (C=O) groups is 1. The van der Waals surface area contributed by atoms with Crippen molar-refractivity contribution in [1.82, 2.24) is 5.32 Å². The van der Waals surface area contributed by atoms with E-state index in [0.717, 1.165) is 11.3 Å². The summed E-state index contributed by atoms with van der Waals surface area (Å²) in [4.78, 5) is 13.1. The molecule has 1 aromatic rings. The summed E-state index contributed by atoms with van der Waals surface area (Å²) in [5.41, 5.74) is 0.589. The number of rotatable bonds is 5. The number of methoxy groups -OCH3 is 1. The van der Waals surface area contributed by atoms with Crippen molar-refractivity contribution in [1.29, 1.82) is 0 Å². The zero-order valence-electron chi connectivity index (χ0n) is 10.7. The molecule has 0 saturated carbocycles. The Labute approximate surface area is 107 Å². The molecule has 1 amide bonds. The maximum Gasteiger partial charge on any atom is 0.255 e. The van der Waals surface area contributed by atoms with Crippen LogP contribution in [0.4, 0.5) is 0 Å². The number of amides is 1. The van der Waals surface area contributed by atoms with Gasteiger partial charge in [-0.3, -0.25) is 4.79 Å². The van der Waals surface area contributed by atoms with Crippen molar-refractivity contribution < 1.29 is 9.53 Å². The van der Waals surface area contributed by atoms with Gasteiger partial charge in [0.05, 0.1) is 12.7 Å². The fourth-order valence-corrected chi connectivity index (χ4v) is 1.82. The third kappa shape index (κ3) is 3.66. The second kappa shape index (κ2) is 6.55. The molecule has 0 saturated heterocycles. The average molecular weight is 253 g/mol. The largest absolute Gasteiger partial charge is 0.496 e. The molecule has 0 spiro atoms. The van der Waals surface area contributed by atoms with Crippen molar-refractivity contribution in [3.05, 3.63) is 23.8 Å². The average Bonchev–Trinajstić information content (AvgIpc) is 2.37. The van der Waals surface area contributed by atoms with Gasteiger partial charge < -0.3 is 10.1 Å². The Morgan fingerprint density at radius 1 is 1.53 bits per heavy atom. The van der Waals surface area contributed by atoms with Crippen LogP contribution in [0.1, 0.15) is 30.6 Å². The highest BCUT2D eigenvalue weighted by Crippen LogP contribution is 2.25. The molecule has 4 heteroatoms. The van der Waals surface area contributed by atoms with E-state index in [1.807, 2.05) is 38.3 Å². The molecule has 1 rings (SSSR count). The summed E-state index contributed by atoms with van der Waals surface area (Å²) in [7, 11) is 1.58. The lowest BCUT2D eigenvalue weighted by Gasteiger charge is -2.14. The van der Waals surface area contributed by atoms with Crippen molar-refractivity contribution in [3.8, 4) is 5.75 Å². The Morgan fingerprint density at radius 2 is 2.24 bits per heavy atom. The van der Waals surface area contributed by atoms with Crippen LogP contribution in [-0.2, 0) is 0 Å². The fourth-order valence-electron chi connectivity index (χ4n) is 1.39. The monoisotopic (exact) mass is 253 g/mol. The van der Waals surface area contributed by atoms with Crippen LogP contribution in [0.5, 0.6) is 5.75 Å². The molecular weight excluding hydrogens is 234 g/mol. The number of thioether (sulfide) groups is 1. The topological polar surface area (TPSA) is 38.3 Å². The Bertz CT molecular complexity index is 393. The third-order valence-electron chi connectivity index (χ3n) is 2.64. The van der Waals surface area contributed by atoms with E-state index < -0.39 is 0 Å². The van der Waals surface area contributed by atoms with Gasteiger partial charge in [-0.2, -0.15) is 0 Å². The van der Waals surface area contributed by atoms with E-state index in [4.69, 9.17) is 4.74 Å². The molecular formula is C13H19NO2S. The van der Waals surface area contributed by atoms with Crippen molar-refractivity contribution in [3.63, 3.8) is 0 Å². The second-order valence-electron chi connectivity index (χ2n) is 3.85. The molecule has 94 valence electrons. The van der Waals surface area contributed by atoms with Crippen LogP contribution in [0, 0.1) is 0 Å². The van der Waals surface area contributed by atoms with Crippen LogP contribution >= 0.6 is 11.8 Å². The van der Waals surface area contributed by atoms with Gasteiger partial charge in [0.1, 0.15) is 5.75 Å². The van der Waals surface area contributed by atoms with E-state index in [2.05, 4.69) is 5.32 Å². The lowest BCUT2D eigenvalue weighted by molar-refractivity contribution is 0.0936. The summed E-state index contributed by atoms with van der Waals surface area (Å²) in [6, 6.07) is 5.80. The zero-order chi connectivity index (χ0) is 12.8. The molecule has 1 N–H and O–H groups in total. The summed E-state index contributed by atoms with van der Waals surface area (Å²) in [6.45, 7) is 4.03. The van der Waals surface area contributed by atoms with E-state index in [1.165, 1.54) is 0 Å². The number of nitrogens with one attached hydrogen (secondary N) is 1. The molecule has 0 unspecified atom stereocenters. The molecule has 0 heterocycles. The lowest BCUT2D eigenvalue weighted by atomic mass is 10.1. The first-order valence-electron chi connectivity index (χ1n) is 5.65. The van der Waals surface area contributed by atoms with E-state index in [-0.39, 0.29) is 11.9 Å². The Morgan fingerprint density at radius 3 is 2.76 bits per heavy atom. The zero-order valence-corrected chi connectivity index (χ0v) is 11.6. The van der Waals surface area contributed by atoms with Crippen LogP contribution in [0.3, 0.4) is 0 Å². The van der Waals surface area contributed by atoms with Crippen molar-refractivity contribution in [2.45, 2.75) is 31.2 Å². The third-order valence-corrected chi connectivity index (χ3v) is 3.37. The van der Waals surface area contributed by atoms with Crippen molar-refractivity contribution >= 4 is 17.7 Å². The SMILES string of the molecule is CC[C@H](C)NC(=O)c1ccc(SC)cc1OC. The molecule has 0 fully saturated rings. The summed E-state index contributed by atoms with van der Waals surface area (Å²) >= 11 is 1.63. The Kier molecular flexibility index (Phi) is 5.35. The first-order chi connectivity index (χ1) is 8.12. The van der Waals surface area contributed by atoms with Gasteiger partial charge in [-0.25, -0.2) is 0 Å². The van der Waals surface area contributed by atoms with Crippen molar-refractivity contribution in [2.75, 3.05) is 13.4 Å². The maximum absolute atomic E-state index is 12.0. The molecule has 0 aliphatic carbocycles. The minimum absolute atomic E-state index is 0.0798. The number of benzene rings is 1. The molecule has 0 aromatic heterocycles. The first kappa shape index (κ1) is 13.9. The molecule has 0 radical (unpaired) electrons. The van der Waals surface area contributed by atoms with E-state index in [1.54, 1.807) is 18.9 Å². The van der Waals surface area contributed by atoms with Crippen molar-refractivity contribution in [2.24, 2.45) is 0 Å². The number of ether oxygens (including phenoxy) is 1. The second-order valence-corrected chi connectivity index (χ2v) is 4.73. The highest BCUT2D eigenvalue weighted by molar-refractivity contribution is 7.98. The Balaban J connectivity index is 2.93. The van der Waals surface area contributed by atoms with Gasteiger partial charge in [-0.05, 0) is 37.8 Å². The van der Waals surface area contributed by atoms with Gasteiger partial charge >= 0.3 is 0 Å². The summed E-state index contributed by atoms with van der Waals surface area (Å²) in [5.74, 6) is 0.543. The molecule has 17 heavy (non-hydrogen) atoms. The molecule has 1 aromatic carbocycles. The van der Waals surface area contributed by atoms with E-state index in [9.17, 15) is 4.79 Å². The fraction of sp³-hybridized carbons (Fsp3) is 0.462. The number of hydrogen-bond donors (Lipinski definition) is 1. The van der Waals surface area contributed by atoms with Gasteiger partial charge in [-0.15, -0.1) is 11.8 Å². The lowest BCUT2D eigenvalue weighted by Crippen LogP contribution is -2.32. The summed E-state index contributed by atoms with van der Waals surface area (Å²) in [5, 5.41) is 2.93. The summed E-state index contributed by atoms with van der Waals surface area (Å²) < 4.78 is 5.25. The molecule has 0 bridgehead atoms. The number of hydrogen-bond acceptors (Lipinski definition) is 3. The van der Waals surface area contributed by atoms with Crippen LogP contribution in [0.25, 0.3) is 0 Å². The van der Waals surface area contributed by atoms with Gasteiger partial charge in [-0.1, -0.05) is 6.92 Å². The molecule has 0 aliphatic rings. The highest BCUT2D eigenvalue weighted by Gasteiger charge is 2.14. The van der Waals surface area contributed by atoms with Crippen LogP contribution < -0.4 is 10.1 Å². The highest BCUT2D eigenvalue weighted by atomic mass is 32.2. The standard InChI is InChI=1S/C13H19NO2S/c1-5-9(2)14-13(15)11-7-6-10(17-4)8-12(11)16-3/h6-9H,5H2,1-4H3,(H,14,15)/t9-/m0/s1. The van der Waals surface area contributed by atoms with Crippen LogP contribution in [-0.4, -0.2) is 25.3 Å². The van der Waals surface area contributed by atoms with E-state index >= 15 is 0 Å². The normalized spacial score (nSPS) is 12.0. The first-order valence-corrected chi connectivity index (χ1v) is 6.87. The predicted octanol–water partition coefficient (Wildman–Crippen LogP) is 2.95. The van der Waals surface area contributed by atoms with Gasteiger partial charge in [0.25, 0.3) is 5.91 Å². The number of carbonyl (C=O) groups excluding carboxylic acids is 1. The quantitative estimate of drug-likeness (QED) is 0.820. The minimum atomic E-state index is -0.0798. The smallest absolute Gasteiger partial charge is 0.255 e. The van der Waals surface area contributed by atoms with Crippen LogP contribution in [0.15, 0.2) is 23.1 Å². The van der Waals surface area contributed by atoms with E-state index in [0.29, 0.717) is 11.3 Å². The minimum Gasteiger partial charge on any atom is -0.496 e. The Hall–Kier alpha value is -1.16. The molecule has 3 nitrogen and oxygen atoms in total. The summed E-state index contributed by atoms with van der Waals surface area (Å²) in [6.07, 6.45) is 2.91. The van der Waals surface area contributed by atoms with Gasteiger partial charge in [0.2, 0.25) is 0 Å². The predicted molar refractivity (Wildman–Crippen MR) is 72.0 cm³/mol. The molecule has 1 atom stereocenters. The maximum atomic E-state index is 12.0.